The zero-order valence-corrected chi connectivity index (χ0v) is 25.9. The Bertz CT molecular complexity index is 1660. The third-order valence-corrected chi connectivity index (χ3v) is 8.45. The molecule has 47 heavy (non-hydrogen) atoms. The first-order valence-corrected chi connectivity index (χ1v) is 15.4. The molecule has 3 aromatic heterocycles. The minimum atomic E-state index is -1.69. The molecule has 4 aromatic rings. The lowest BCUT2D eigenvalue weighted by molar-refractivity contribution is 0.0440. The van der Waals surface area contributed by atoms with Crippen LogP contribution in [0.3, 0.4) is 0 Å². The zero-order valence-electron chi connectivity index (χ0n) is 25.9. The summed E-state index contributed by atoms with van der Waals surface area (Å²) in [5.74, 6) is 1.08. The molecule has 1 aliphatic carbocycles. The Hall–Kier alpha value is -5.04. The minimum absolute atomic E-state index is 0.0346. The summed E-state index contributed by atoms with van der Waals surface area (Å²) in [5.41, 5.74) is 1.05. The molecular formula is C32H36FN11O3. The highest BCUT2D eigenvalue weighted by molar-refractivity contribution is 5.60. The van der Waals surface area contributed by atoms with E-state index in [2.05, 4.69) is 46.6 Å². The second kappa shape index (κ2) is 14.2. The molecule has 4 heterocycles. The SMILES string of the molecule is COc1ncc(-c2cnc(N(C3CCC(Nc4ncc(C#N)c(N5CC(F)(CO)C5)n4)CC3)C(O)NCc3ccccc3)nc2)cn1. The van der Waals surface area contributed by atoms with Crippen molar-refractivity contribution in [3.05, 3.63) is 72.4 Å². The van der Waals surface area contributed by atoms with Crippen LogP contribution in [0.1, 0.15) is 36.8 Å². The van der Waals surface area contributed by atoms with Gasteiger partial charge < -0.3 is 25.2 Å². The van der Waals surface area contributed by atoms with Crippen molar-refractivity contribution in [2.75, 3.05) is 41.9 Å². The minimum Gasteiger partial charge on any atom is -0.467 e. The Morgan fingerprint density at radius 3 is 2.30 bits per heavy atom. The highest BCUT2D eigenvalue weighted by Gasteiger charge is 2.44. The normalized spacial score (nSPS) is 19.3. The topological polar surface area (TPSA) is 181 Å². The molecule has 0 spiro atoms. The molecule has 0 radical (unpaired) electrons. The van der Waals surface area contributed by atoms with Crippen LogP contribution < -0.4 is 25.2 Å². The van der Waals surface area contributed by atoms with Gasteiger partial charge in [-0.25, -0.2) is 29.3 Å². The molecule has 14 nitrogen and oxygen atoms in total. The van der Waals surface area contributed by atoms with Gasteiger partial charge in [-0.1, -0.05) is 30.3 Å². The summed E-state index contributed by atoms with van der Waals surface area (Å²) in [6.45, 7) is -0.195. The molecule has 1 atom stereocenters. The van der Waals surface area contributed by atoms with Crippen LogP contribution in [0.2, 0.25) is 0 Å². The van der Waals surface area contributed by atoms with Crippen molar-refractivity contribution in [2.45, 2.75) is 56.3 Å². The molecule has 1 saturated carbocycles. The number of aromatic nitrogens is 6. The van der Waals surface area contributed by atoms with E-state index in [9.17, 15) is 19.9 Å². The maximum atomic E-state index is 14.3. The predicted octanol–water partition coefficient (Wildman–Crippen LogP) is 2.42. The number of halogens is 1. The smallest absolute Gasteiger partial charge is 0.316 e. The van der Waals surface area contributed by atoms with Crippen LogP contribution >= 0.6 is 0 Å². The van der Waals surface area contributed by atoms with Gasteiger partial charge in [0.15, 0.2) is 17.8 Å². The summed E-state index contributed by atoms with van der Waals surface area (Å²) in [6, 6.07) is 12.1. The van der Waals surface area contributed by atoms with Crippen molar-refractivity contribution in [1.29, 1.82) is 5.26 Å². The number of aliphatic hydroxyl groups excluding tert-OH is 2. The van der Waals surface area contributed by atoms with Crippen LogP contribution in [-0.4, -0.2) is 91.0 Å². The zero-order chi connectivity index (χ0) is 32.8. The summed E-state index contributed by atoms with van der Waals surface area (Å²) in [6.07, 6.45) is 9.95. The van der Waals surface area contributed by atoms with Gasteiger partial charge in [-0.15, -0.1) is 0 Å². The Kier molecular flexibility index (Phi) is 9.62. The van der Waals surface area contributed by atoms with E-state index >= 15 is 0 Å². The Labute approximate surface area is 271 Å². The van der Waals surface area contributed by atoms with Gasteiger partial charge >= 0.3 is 6.01 Å². The monoisotopic (exact) mass is 641 g/mol. The highest BCUT2D eigenvalue weighted by Crippen LogP contribution is 2.33. The van der Waals surface area contributed by atoms with Gasteiger partial charge in [0.05, 0.1) is 33.0 Å². The van der Waals surface area contributed by atoms with Crippen LogP contribution in [0.4, 0.5) is 22.1 Å². The molecule has 244 valence electrons. The molecular weight excluding hydrogens is 605 g/mol. The first-order valence-electron chi connectivity index (χ1n) is 15.4. The van der Waals surface area contributed by atoms with Crippen molar-refractivity contribution >= 4 is 17.7 Å². The average Bonchev–Trinajstić information content (AvgIpc) is 3.11. The first kappa shape index (κ1) is 31.9. The summed E-state index contributed by atoms with van der Waals surface area (Å²) in [4.78, 5) is 29.9. The lowest BCUT2D eigenvalue weighted by Gasteiger charge is -2.44. The van der Waals surface area contributed by atoms with Crippen LogP contribution in [0.5, 0.6) is 6.01 Å². The second-order valence-corrected chi connectivity index (χ2v) is 11.7. The number of rotatable bonds is 12. The lowest BCUT2D eigenvalue weighted by atomic mass is 9.90. The molecule has 1 unspecified atom stereocenters. The molecule has 2 fully saturated rings. The summed E-state index contributed by atoms with van der Waals surface area (Å²) >= 11 is 0. The third-order valence-electron chi connectivity index (χ3n) is 8.45. The van der Waals surface area contributed by atoms with Gasteiger partial charge in [-0.3, -0.25) is 10.2 Å². The highest BCUT2D eigenvalue weighted by atomic mass is 19.1. The number of benzene rings is 1. The van der Waals surface area contributed by atoms with E-state index in [0.29, 0.717) is 24.3 Å². The van der Waals surface area contributed by atoms with E-state index in [1.807, 2.05) is 35.2 Å². The van der Waals surface area contributed by atoms with E-state index < -0.39 is 18.6 Å². The van der Waals surface area contributed by atoms with E-state index in [4.69, 9.17) is 4.74 Å². The van der Waals surface area contributed by atoms with Crippen molar-refractivity contribution in [3.63, 3.8) is 0 Å². The number of anilines is 3. The van der Waals surface area contributed by atoms with Crippen molar-refractivity contribution < 1.29 is 19.3 Å². The fraction of sp³-hybridized carbons (Fsp3) is 0.406. The Morgan fingerprint density at radius 1 is 1.02 bits per heavy atom. The predicted molar refractivity (Wildman–Crippen MR) is 171 cm³/mol. The number of methoxy groups -OCH3 is 1. The number of aliphatic hydroxyl groups is 2. The maximum absolute atomic E-state index is 14.3. The van der Waals surface area contributed by atoms with E-state index in [1.165, 1.54) is 13.3 Å². The quantitative estimate of drug-likeness (QED) is 0.166. The van der Waals surface area contributed by atoms with E-state index in [0.717, 1.165) is 42.4 Å². The van der Waals surface area contributed by atoms with Crippen LogP contribution in [0.15, 0.2) is 61.3 Å². The number of hydrogen-bond acceptors (Lipinski definition) is 14. The first-order chi connectivity index (χ1) is 22.9. The van der Waals surface area contributed by atoms with Gasteiger partial charge in [0.25, 0.3) is 0 Å². The second-order valence-electron chi connectivity index (χ2n) is 11.7. The third kappa shape index (κ3) is 7.35. The Balaban J connectivity index is 1.14. The molecule has 4 N–H and O–H groups in total. The fourth-order valence-corrected chi connectivity index (χ4v) is 5.88. The van der Waals surface area contributed by atoms with Gasteiger partial charge in [0, 0.05) is 54.5 Å². The van der Waals surface area contributed by atoms with Crippen molar-refractivity contribution in [2.24, 2.45) is 0 Å². The molecule has 0 amide bonds. The van der Waals surface area contributed by atoms with Gasteiger partial charge in [-0.2, -0.15) is 10.2 Å². The van der Waals surface area contributed by atoms with Crippen LogP contribution in [0.25, 0.3) is 11.1 Å². The Morgan fingerprint density at radius 2 is 1.68 bits per heavy atom. The molecule has 2 aliphatic rings. The largest absolute Gasteiger partial charge is 0.467 e. The molecule has 0 bridgehead atoms. The van der Waals surface area contributed by atoms with Gasteiger partial charge in [0.2, 0.25) is 11.9 Å². The van der Waals surface area contributed by atoms with E-state index in [1.54, 1.807) is 29.7 Å². The van der Waals surface area contributed by atoms with E-state index in [-0.39, 0.29) is 36.7 Å². The lowest BCUT2D eigenvalue weighted by Crippen LogP contribution is -2.61. The molecule has 6 rings (SSSR count). The summed E-state index contributed by atoms with van der Waals surface area (Å²) in [5, 5.41) is 36.8. The summed E-state index contributed by atoms with van der Waals surface area (Å²) in [7, 11) is 1.50. The fourth-order valence-electron chi connectivity index (χ4n) is 5.88. The van der Waals surface area contributed by atoms with Crippen LogP contribution in [-0.2, 0) is 6.54 Å². The molecule has 1 saturated heterocycles. The summed E-state index contributed by atoms with van der Waals surface area (Å²) < 4.78 is 19.4. The number of nitriles is 1. The number of ether oxygens (including phenoxy) is 1. The molecule has 1 aromatic carbocycles. The molecule has 15 heteroatoms. The average molecular weight is 642 g/mol. The van der Waals surface area contributed by atoms with Crippen molar-refractivity contribution in [3.8, 4) is 23.2 Å². The number of hydrogen-bond donors (Lipinski definition) is 4. The number of nitrogens with zero attached hydrogens (tertiary/aromatic N) is 9. The van der Waals surface area contributed by atoms with Gasteiger partial charge in [0.1, 0.15) is 11.6 Å². The van der Waals surface area contributed by atoms with Crippen molar-refractivity contribution in [1.82, 2.24) is 35.2 Å². The standard InChI is InChI=1S/C32H36FN11O3/c1-47-30-38-16-24(17-39-30)23-14-36-29(37-15-23)44(31(46)40-12-21-5-3-2-4-6-21)26-9-7-25(8-10-26)41-28-35-13-22(11-34)27(42-28)43-18-32(33,19-43)20-45/h2-6,13-17,25-26,31,40,45-46H,7-10,12,18-20H2,1H3,(H,35,41,42). The number of nitrogens with one attached hydrogen (secondary N) is 2. The van der Waals surface area contributed by atoms with Gasteiger partial charge in [-0.05, 0) is 31.2 Å². The maximum Gasteiger partial charge on any atom is 0.316 e. The molecule has 1 aliphatic heterocycles. The number of alkyl halides is 1. The van der Waals surface area contributed by atoms with Crippen LogP contribution in [0, 0.1) is 11.3 Å².